The van der Waals surface area contributed by atoms with Crippen LogP contribution in [0.25, 0.3) is 10.2 Å². The molecule has 1 fully saturated rings. The summed E-state index contributed by atoms with van der Waals surface area (Å²) in [6, 6.07) is 10.4. The number of thiazole rings is 1. The molecule has 1 aromatic heterocycles. The maximum absolute atomic E-state index is 13.5. The van der Waals surface area contributed by atoms with Gasteiger partial charge in [-0.3, -0.25) is 4.79 Å². The second kappa shape index (κ2) is 8.41. The van der Waals surface area contributed by atoms with Gasteiger partial charge in [-0.25, -0.2) is 12.8 Å². The van der Waals surface area contributed by atoms with Gasteiger partial charge in [-0.2, -0.15) is 9.30 Å². The van der Waals surface area contributed by atoms with Crippen molar-refractivity contribution in [3.05, 3.63) is 58.6 Å². The molecule has 2 heterocycles. The van der Waals surface area contributed by atoms with Gasteiger partial charge in [0.15, 0.2) is 4.80 Å². The Morgan fingerprint density at radius 1 is 1.10 bits per heavy atom. The molecule has 1 amide bonds. The topological polar surface area (TPSA) is 71.7 Å². The third-order valence-electron chi connectivity index (χ3n) is 5.21. The first-order chi connectivity index (χ1) is 14.4. The Kier molecular flexibility index (Phi) is 5.86. The molecule has 9 heteroatoms. The summed E-state index contributed by atoms with van der Waals surface area (Å²) < 4.78 is 43.1. The number of aryl methyl sites for hydroxylation is 1. The highest BCUT2D eigenvalue weighted by Gasteiger charge is 2.25. The number of piperidine rings is 1. The fourth-order valence-corrected chi connectivity index (χ4v) is 6.25. The fraction of sp³-hybridized carbons (Fsp3) is 0.333. The number of aromatic nitrogens is 1. The molecule has 158 valence electrons. The number of rotatable bonds is 4. The largest absolute Gasteiger partial charge is 0.317 e. The fourth-order valence-electron chi connectivity index (χ4n) is 3.61. The molecule has 4 rings (SSSR count). The number of sulfonamides is 1. The second-order valence-corrected chi connectivity index (χ2v) is 10.1. The van der Waals surface area contributed by atoms with Gasteiger partial charge >= 0.3 is 0 Å². The summed E-state index contributed by atoms with van der Waals surface area (Å²) in [5.74, 6) is -0.804. The van der Waals surface area contributed by atoms with Crippen molar-refractivity contribution in [1.29, 1.82) is 0 Å². The molecule has 0 spiro atoms. The van der Waals surface area contributed by atoms with Crippen LogP contribution in [-0.4, -0.2) is 36.3 Å². The highest BCUT2D eigenvalue weighted by atomic mass is 32.2. The summed E-state index contributed by atoms with van der Waals surface area (Å²) in [7, 11) is -3.54. The number of amides is 1. The van der Waals surface area contributed by atoms with Gasteiger partial charge < -0.3 is 4.57 Å². The van der Waals surface area contributed by atoms with Crippen molar-refractivity contribution in [3.63, 3.8) is 0 Å². The first kappa shape index (κ1) is 20.9. The molecular formula is C21H22FN3O3S2. The van der Waals surface area contributed by atoms with Gasteiger partial charge in [0.1, 0.15) is 5.82 Å². The zero-order valence-electron chi connectivity index (χ0n) is 16.5. The first-order valence-corrected chi connectivity index (χ1v) is 12.1. The second-order valence-electron chi connectivity index (χ2n) is 7.15. The SMILES string of the molecule is CCn1c(=NC(=O)c2ccc(S(=O)(=O)N3CCCCC3)cc2)sc2cc(F)ccc21. The Balaban J connectivity index is 1.64. The number of hydrogen-bond acceptors (Lipinski definition) is 4. The molecule has 3 aromatic rings. The average molecular weight is 448 g/mol. The maximum atomic E-state index is 13.5. The van der Waals surface area contributed by atoms with Gasteiger partial charge in [-0.1, -0.05) is 17.8 Å². The third kappa shape index (κ3) is 3.97. The minimum atomic E-state index is -3.54. The molecule has 0 aliphatic carbocycles. The number of hydrogen-bond donors (Lipinski definition) is 0. The predicted molar refractivity (Wildman–Crippen MR) is 114 cm³/mol. The van der Waals surface area contributed by atoms with Gasteiger partial charge in [0.05, 0.1) is 15.1 Å². The summed E-state index contributed by atoms with van der Waals surface area (Å²) in [5, 5.41) is 0. The highest BCUT2D eigenvalue weighted by molar-refractivity contribution is 7.89. The van der Waals surface area contributed by atoms with E-state index in [-0.39, 0.29) is 10.7 Å². The average Bonchev–Trinajstić information content (AvgIpc) is 3.10. The number of carbonyl (C=O) groups is 1. The zero-order valence-corrected chi connectivity index (χ0v) is 18.2. The van der Waals surface area contributed by atoms with Crippen LogP contribution in [0.4, 0.5) is 4.39 Å². The Hall–Kier alpha value is -2.36. The summed E-state index contributed by atoms with van der Waals surface area (Å²) in [4.78, 5) is 17.6. The molecule has 30 heavy (non-hydrogen) atoms. The molecule has 1 aliphatic rings. The quantitative estimate of drug-likeness (QED) is 0.611. The van der Waals surface area contributed by atoms with Crippen molar-refractivity contribution in [2.24, 2.45) is 4.99 Å². The lowest BCUT2D eigenvalue weighted by Gasteiger charge is -2.25. The van der Waals surface area contributed by atoms with Crippen LogP contribution in [0.15, 0.2) is 52.4 Å². The Labute approximate surface area is 178 Å². The standard InChI is InChI=1S/C21H22FN3O3S2/c1-2-25-18-11-8-16(22)14-19(18)29-21(25)23-20(26)15-6-9-17(10-7-15)30(27,28)24-12-4-3-5-13-24/h6-11,14H,2-5,12-13H2,1H3. The molecule has 0 saturated carbocycles. The van der Waals surface area contributed by atoms with Crippen LogP contribution in [-0.2, 0) is 16.6 Å². The normalized spacial score (nSPS) is 16.3. The minimum absolute atomic E-state index is 0.182. The number of fused-ring (bicyclic) bond motifs is 1. The molecule has 1 saturated heterocycles. The van der Waals surface area contributed by atoms with E-state index in [1.165, 1.54) is 52.0 Å². The Bertz CT molecular complexity index is 1250. The van der Waals surface area contributed by atoms with Crippen LogP contribution < -0.4 is 4.80 Å². The van der Waals surface area contributed by atoms with Crippen LogP contribution in [0, 0.1) is 5.82 Å². The number of nitrogens with zero attached hydrogens (tertiary/aromatic N) is 3. The minimum Gasteiger partial charge on any atom is -0.317 e. The lowest BCUT2D eigenvalue weighted by molar-refractivity contribution is 0.0997. The van der Waals surface area contributed by atoms with Crippen molar-refractivity contribution in [2.45, 2.75) is 37.6 Å². The van der Waals surface area contributed by atoms with Crippen LogP contribution in [0.1, 0.15) is 36.5 Å². The smallest absolute Gasteiger partial charge is 0.279 e. The molecule has 0 atom stereocenters. The van der Waals surface area contributed by atoms with Crippen molar-refractivity contribution in [2.75, 3.05) is 13.1 Å². The Morgan fingerprint density at radius 2 is 1.80 bits per heavy atom. The summed E-state index contributed by atoms with van der Waals surface area (Å²) in [5.41, 5.74) is 1.12. The van der Waals surface area contributed by atoms with Gasteiger partial charge in [0, 0.05) is 25.2 Å². The molecule has 2 aromatic carbocycles. The lowest BCUT2D eigenvalue weighted by Crippen LogP contribution is -2.35. The van der Waals surface area contributed by atoms with Gasteiger partial charge in [0.2, 0.25) is 10.0 Å². The Morgan fingerprint density at radius 3 is 2.47 bits per heavy atom. The van der Waals surface area contributed by atoms with E-state index in [0.717, 1.165) is 24.8 Å². The monoisotopic (exact) mass is 447 g/mol. The maximum Gasteiger partial charge on any atom is 0.279 e. The van der Waals surface area contributed by atoms with Crippen LogP contribution >= 0.6 is 11.3 Å². The molecule has 6 nitrogen and oxygen atoms in total. The van der Waals surface area contributed by atoms with Gasteiger partial charge in [-0.15, -0.1) is 0 Å². The molecule has 0 N–H and O–H groups in total. The summed E-state index contributed by atoms with van der Waals surface area (Å²) >= 11 is 1.24. The van der Waals surface area contributed by atoms with Crippen molar-refractivity contribution in [1.82, 2.24) is 8.87 Å². The highest BCUT2D eigenvalue weighted by Crippen LogP contribution is 2.22. The number of benzene rings is 2. The number of carbonyl (C=O) groups excluding carboxylic acids is 1. The molecule has 0 radical (unpaired) electrons. The predicted octanol–water partition coefficient (Wildman–Crippen LogP) is 3.78. The van der Waals surface area contributed by atoms with Crippen LogP contribution in [0.5, 0.6) is 0 Å². The molecule has 0 unspecified atom stereocenters. The van der Waals surface area contributed by atoms with E-state index in [0.29, 0.717) is 34.7 Å². The molecular weight excluding hydrogens is 425 g/mol. The van der Waals surface area contributed by atoms with E-state index in [9.17, 15) is 17.6 Å². The summed E-state index contributed by atoms with van der Waals surface area (Å²) in [6.45, 7) is 3.58. The van der Waals surface area contributed by atoms with E-state index in [1.807, 2.05) is 11.5 Å². The van der Waals surface area contributed by atoms with E-state index < -0.39 is 15.9 Å². The van der Waals surface area contributed by atoms with E-state index in [2.05, 4.69) is 4.99 Å². The van der Waals surface area contributed by atoms with E-state index in [4.69, 9.17) is 0 Å². The third-order valence-corrected chi connectivity index (χ3v) is 8.17. The van der Waals surface area contributed by atoms with Crippen LogP contribution in [0.3, 0.4) is 0 Å². The lowest BCUT2D eigenvalue weighted by atomic mass is 10.2. The van der Waals surface area contributed by atoms with E-state index >= 15 is 0 Å². The molecule has 0 bridgehead atoms. The van der Waals surface area contributed by atoms with Crippen molar-refractivity contribution >= 4 is 37.5 Å². The van der Waals surface area contributed by atoms with Crippen LogP contribution in [0.2, 0.25) is 0 Å². The van der Waals surface area contributed by atoms with Gasteiger partial charge in [-0.05, 0) is 62.2 Å². The summed E-state index contributed by atoms with van der Waals surface area (Å²) in [6.07, 6.45) is 2.78. The van der Waals surface area contributed by atoms with Gasteiger partial charge in [0.25, 0.3) is 5.91 Å². The van der Waals surface area contributed by atoms with E-state index in [1.54, 1.807) is 6.07 Å². The first-order valence-electron chi connectivity index (χ1n) is 9.88. The van der Waals surface area contributed by atoms with Crippen molar-refractivity contribution in [3.8, 4) is 0 Å². The molecule has 1 aliphatic heterocycles. The zero-order chi connectivity index (χ0) is 21.3. The number of halogens is 1. The van der Waals surface area contributed by atoms with Crippen molar-refractivity contribution < 1.29 is 17.6 Å².